The number of benzene rings is 3. The van der Waals surface area contributed by atoms with E-state index in [4.69, 9.17) is 0 Å². The number of fused-ring (bicyclic) bond motifs is 3. The van der Waals surface area contributed by atoms with Crippen molar-refractivity contribution in [3.63, 3.8) is 0 Å². The quantitative estimate of drug-likeness (QED) is 0.436. The molecule has 4 rings (SSSR count). The van der Waals surface area contributed by atoms with Crippen molar-refractivity contribution in [3.05, 3.63) is 82.7 Å². The fourth-order valence-corrected chi connectivity index (χ4v) is 4.77. The van der Waals surface area contributed by atoms with Crippen LogP contribution in [0, 0.1) is 19.7 Å². The summed E-state index contributed by atoms with van der Waals surface area (Å²) in [5.74, 6) is -0.180. The number of para-hydroxylation sites is 1. The lowest BCUT2D eigenvalue weighted by Gasteiger charge is -2.40. The molecule has 2 heteroatoms. The maximum Gasteiger partial charge on any atom is 0.123 e. The molecule has 0 bridgehead atoms. The Labute approximate surface area is 174 Å². The number of hydrogen-bond acceptors (Lipinski definition) is 1. The molecule has 29 heavy (non-hydrogen) atoms. The molecule has 0 N–H and O–H groups in total. The predicted octanol–water partition coefficient (Wildman–Crippen LogP) is 7.69. The van der Waals surface area contributed by atoms with Crippen LogP contribution in [0.2, 0.25) is 0 Å². The lowest BCUT2D eigenvalue weighted by Crippen LogP contribution is -2.38. The van der Waals surface area contributed by atoms with Gasteiger partial charge in [-0.15, -0.1) is 0 Å². The highest BCUT2D eigenvalue weighted by Gasteiger charge is 2.37. The molecule has 1 aliphatic carbocycles. The van der Waals surface area contributed by atoms with Gasteiger partial charge in [0.05, 0.1) is 0 Å². The summed E-state index contributed by atoms with van der Waals surface area (Å²) in [7, 11) is 0. The lowest BCUT2D eigenvalue weighted by molar-refractivity contribution is 0.558. The Balaban J connectivity index is 2.00. The van der Waals surface area contributed by atoms with Crippen LogP contribution in [-0.2, 0) is 5.41 Å². The van der Waals surface area contributed by atoms with Crippen molar-refractivity contribution in [2.45, 2.75) is 59.4 Å². The van der Waals surface area contributed by atoms with Gasteiger partial charge in [0.15, 0.2) is 0 Å². The van der Waals surface area contributed by atoms with Gasteiger partial charge in [-0.05, 0) is 92.3 Å². The van der Waals surface area contributed by atoms with Crippen LogP contribution in [0.5, 0.6) is 0 Å². The fourth-order valence-electron chi connectivity index (χ4n) is 4.77. The first-order valence-electron chi connectivity index (χ1n) is 10.3. The van der Waals surface area contributed by atoms with E-state index < -0.39 is 0 Å². The topological polar surface area (TPSA) is 3.24 Å². The molecule has 0 aliphatic heterocycles. The van der Waals surface area contributed by atoms with Crippen molar-refractivity contribution < 1.29 is 4.39 Å². The van der Waals surface area contributed by atoms with E-state index in [1.54, 1.807) is 12.1 Å². The van der Waals surface area contributed by atoms with E-state index in [2.05, 4.69) is 89.8 Å². The van der Waals surface area contributed by atoms with Gasteiger partial charge >= 0.3 is 0 Å². The number of halogens is 1. The Morgan fingerprint density at radius 2 is 1.41 bits per heavy atom. The van der Waals surface area contributed by atoms with Gasteiger partial charge in [0, 0.05) is 22.3 Å². The number of anilines is 2. The summed E-state index contributed by atoms with van der Waals surface area (Å²) < 4.78 is 14.1. The molecule has 3 aromatic carbocycles. The average Bonchev–Trinajstić information content (AvgIpc) is 2.83. The summed E-state index contributed by atoms with van der Waals surface area (Å²) in [4.78, 5) is 2.42. The van der Waals surface area contributed by atoms with Crippen LogP contribution in [0.25, 0.3) is 11.1 Å². The molecule has 1 nitrogen and oxygen atoms in total. The lowest BCUT2D eigenvalue weighted by atomic mass is 9.82. The molecule has 0 amide bonds. The molecule has 0 spiro atoms. The first kappa shape index (κ1) is 19.7. The minimum atomic E-state index is -0.180. The van der Waals surface area contributed by atoms with Crippen LogP contribution in [-0.4, -0.2) is 5.54 Å². The molecule has 0 atom stereocenters. The average molecular weight is 388 g/mol. The highest BCUT2D eigenvalue weighted by molar-refractivity contribution is 5.86. The summed E-state index contributed by atoms with van der Waals surface area (Å²) in [5, 5.41) is 0. The maximum absolute atomic E-state index is 14.1. The zero-order valence-corrected chi connectivity index (χ0v) is 18.5. The fraction of sp³-hybridized carbons (Fsp3) is 0.333. The van der Waals surface area contributed by atoms with Gasteiger partial charge in [0.25, 0.3) is 0 Å². The van der Waals surface area contributed by atoms with Gasteiger partial charge in [-0.25, -0.2) is 4.39 Å². The maximum atomic E-state index is 14.1. The second kappa shape index (κ2) is 6.45. The Kier molecular flexibility index (Phi) is 4.38. The normalized spacial score (nSPS) is 14.5. The third-order valence-electron chi connectivity index (χ3n) is 6.22. The van der Waals surface area contributed by atoms with Crippen molar-refractivity contribution >= 4 is 11.4 Å². The summed E-state index contributed by atoms with van der Waals surface area (Å²) in [5.41, 5.74) is 9.27. The molecule has 0 saturated carbocycles. The monoisotopic (exact) mass is 387 g/mol. The number of hydrogen-bond donors (Lipinski definition) is 0. The third-order valence-corrected chi connectivity index (χ3v) is 6.22. The van der Waals surface area contributed by atoms with Gasteiger partial charge < -0.3 is 4.90 Å². The Bertz CT molecular complexity index is 1100. The van der Waals surface area contributed by atoms with Crippen molar-refractivity contribution in [1.82, 2.24) is 0 Å². The molecule has 3 aromatic rings. The summed E-state index contributed by atoms with van der Waals surface area (Å²) in [6, 6.07) is 18.3. The zero-order valence-electron chi connectivity index (χ0n) is 18.5. The summed E-state index contributed by atoms with van der Waals surface area (Å²) in [6.45, 7) is 15.5. The van der Waals surface area contributed by atoms with E-state index >= 15 is 0 Å². The zero-order chi connectivity index (χ0) is 21.1. The summed E-state index contributed by atoms with van der Waals surface area (Å²) >= 11 is 0. The second-order valence-electron chi connectivity index (χ2n) is 9.79. The van der Waals surface area contributed by atoms with Gasteiger partial charge in [-0.3, -0.25) is 0 Å². The second-order valence-corrected chi connectivity index (χ2v) is 9.79. The number of nitrogens with zero attached hydrogens (tertiary/aromatic N) is 1. The van der Waals surface area contributed by atoms with E-state index in [0.29, 0.717) is 0 Å². The smallest absolute Gasteiger partial charge is 0.123 e. The Hall–Kier alpha value is -2.61. The van der Waals surface area contributed by atoms with Crippen LogP contribution >= 0.6 is 0 Å². The molecule has 0 aromatic heterocycles. The molecule has 150 valence electrons. The molecule has 0 radical (unpaired) electrons. The van der Waals surface area contributed by atoms with Crippen LogP contribution in [0.1, 0.15) is 56.9 Å². The van der Waals surface area contributed by atoms with Crippen molar-refractivity contribution in [2.24, 2.45) is 0 Å². The highest BCUT2D eigenvalue weighted by Crippen LogP contribution is 2.51. The molecule has 1 aliphatic rings. The summed E-state index contributed by atoms with van der Waals surface area (Å²) in [6.07, 6.45) is 0. The van der Waals surface area contributed by atoms with Gasteiger partial charge in [-0.1, -0.05) is 44.2 Å². The standard InChI is InChI=1S/C27H30FN/c1-17-10-8-9-11-24(17)29(26(3,4)5)25-16-21-20-15-19(28)12-13-22(20)27(6,7)23(21)14-18(25)2/h8-16H,1-7H3. The molecule has 0 unspecified atom stereocenters. The van der Waals surface area contributed by atoms with E-state index in [0.717, 1.165) is 11.1 Å². The minimum absolute atomic E-state index is 0.107. The van der Waals surface area contributed by atoms with Crippen LogP contribution in [0.3, 0.4) is 0 Å². The van der Waals surface area contributed by atoms with Crippen LogP contribution in [0.15, 0.2) is 54.6 Å². The predicted molar refractivity (Wildman–Crippen MR) is 122 cm³/mol. The van der Waals surface area contributed by atoms with Gasteiger partial charge in [0.2, 0.25) is 0 Å². The molecule has 0 saturated heterocycles. The Morgan fingerprint density at radius 1 is 0.759 bits per heavy atom. The van der Waals surface area contributed by atoms with Gasteiger partial charge in [-0.2, -0.15) is 0 Å². The number of rotatable bonds is 2. The minimum Gasteiger partial charge on any atom is -0.336 e. The van der Waals surface area contributed by atoms with Crippen LogP contribution in [0.4, 0.5) is 15.8 Å². The van der Waals surface area contributed by atoms with Crippen molar-refractivity contribution in [1.29, 1.82) is 0 Å². The van der Waals surface area contributed by atoms with Crippen LogP contribution < -0.4 is 4.90 Å². The van der Waals surface area contributed by atoms with Gasteiger partial charge in [0.1, 0.15) is 5.82 Å². The van der Waals surface area contributed by atoms with E-state index in [-0.39, 0.29) is 16.8 Å². The number of aryl methyl sites for hydroxylation is 2. The van der Waals surface area contributed by atoms with E-state index in [9.17, 15) is 4.39 Å². The first-order valence-corrected chi connectivity index (χ1v) is 10.3. The molecule has 0 heterocycles. The SMILES string of the molecule is Cc1ccccc1N(c1cc2c(cc1C)C(C)(C)c1ccc(F)cc1-2)C(C)(C)C. The highest BCUT2D eigenvalue weighted by atomic mass is 19.1. The van der Waals surface area contributed by atoms with Crippen molar-refractivity contribution in [3.8, 4) is 11.1 Å². The Morgan fingerprint density at radius 3 is 2.07 bits per heavy atom. The molecular formula is C27H30FN. The molecular weight excluding hydrogens is 357 g/mol. The van der Waals surface area contributed by atoms with E-state index in [1.165, 1.54) is 33.6 Å². The van der Waals surface area contributed by atoms with E-state index in [1.807, 2.05) is 6.07 Å². The first-order chi connectivity index (χ1) is 13.5. The third kappa shape index (κ3) is 3.06. The van der Waals surface area contributed by atoms with Crippen molar-refractivity contribution in [2.75, 3.05) is 4.90 Å². The molecule has 0 fully saturated rings. The largest absolute Gasteiger partial charge is 0.336 e.